The molecule has 0 saturated carbocycles. The summed E-state index contributed by atoms with van der Waals surface area (Å²) >= 11 is 2.89. The third kappa shape index (κ3) is 4.85. The molecule has 3 aromatic rings. The average molecular weight is 405 g/mol. The Kier molecular flexibility index (Phi) is 6.44. The molecule has 27 heavy (non-hydrogen) atoms. The molecule has 1 aromatic carbocycles. The third-order valence-electron chi connectivity index (χ3n) is 3.86. The molecule has 0 spiro atoms. The second-order valence-corrected chi connectivity index (χ2v) is 7.83. The van der Waals surface area contributed by atoms with Gasteiger partial charge < -0.3 is 20.5 Å². The first-order valence-corrected chi connectivity index (χ1v) is 10.2. The van der Waals surface area contributed by atoms with Gasteiger partial charge in [-0.25, -0.2) is 9.59 Å². The summed E-state index contributed by atoms with van der Waals surface area (Å²) in [5, 5.41) is 17.7. The molecule has 0 aliphatic carbocycles. The number of aliphatic hydroxyl groups is 1. The topological polar surface area (TPSA) is 87.7 Å². The number of carbonyl (C=O) groups is 2. The van der Waals surface area contributed by atoms with E-state index in [2.05, 4.69) is 10.6 Å². The van der Waals surface area contributed by atoms with Gasteiger partial charge in [-0.3, -0.25) is 0 Å². The van der Waals surface area contributed by atoms with Crippen molar-refractivity contribution in [3.8, 4) is 0 Å². The number of hydrogen-bond acceptors (Lipinski definition) is 6. The number of rotatable bonds is 7. The van der Waals surface area contributed by atoms with Crippen LogP contribution in [-0.4, -0.2) is 30.3 Å². The van der Waals surface area contributed by atoms with Gasteiger partial charge in [0.25, 0.3) is 0 Å². The van der Waals surface area contributed by atoms with Crippen LogP contribution in [0.2, 0.25) is 0 Å². The van der Waals surface area contributed by atoms with E-state index in [1.54, 1.807) is 19.1 Å². The third-order valence-corrected chi connectivity index (χ3v) is 5.94. The first-order valence-electron chi connectivity index (χ1n) is 8.53. The average Bonchev–Trinajstić information content (AvgIpc) is 3.31. The highest BCUT2D eigenvalue weighted by Gasteiger charge is 2.16. The fourth-order valence-electron chi connectivity index (χ4n) is 2.65. The van der Waals surface area contributed by atoms with E-state index in [0.29, 0.717) is 23.6 Å². The Balaban J connectivity index is 1.69. The first kappa shape index (κ1) is 19.3. The molecule has 6 nitrogen and oxygen atoms in total. The maximum atomic E-state index is 12.4. The van der Waals surface area contributed by atoms with Crippen LogP contribution in [0.25, 0.3) is 10.1 Å². The molecule has 0 aliphatic heterocycles. The zero-order valence-corrected chi connectivity index (χ0v) is 16.4. The molecule has 142 valence electrons. The van der Waals surface area contributed by atoms with Crippen LogP contribution >= 0.6 is 22.7 Å². The highest BCUT2D eigenvalue weighted by atomic mass is 32.1. The Bertz CT molecular complexity index is 921. The van der Waals surface area contributed by atoms with Gasteiger partial charge in [0.05, 0.1) is 12.6 Å². The molecule has 0 fully saturated rings. The molecule has 1 atom stereocenters. The van der Waals surface area contributed by atoms with Crippen LogP contribution in [0.5, 0.6) is 0 Å². The summed E-state index contributed by atoms with van der Waals surface area (Å²) in [5.41, 5.74) is 0.627. The van der Waals surface area contributed by atoms with Crippen molar-refractivity contribution in [1.29, 1.82) is 0 Å². The minimum absolute atomic E-state index is 0.0135. The van der Waals surface area contributed by atoms with Gasteiger partial charge in [0.15, 0.2) is 0 Å². The molecule has 2 amide bonds. The van der Waals surface area contributed by atoms with Crippen LogP contribution in [0.4, 0.5) is 10.5 Å². The summed E-state index contributed by atoms with van der Waals surface area (Å²) in [7, 11) is 0. The summed E-state index contributed by atoms with van der Waals surface area (Å²) in [6.07, 6.45) is 0.445. The molecule has 0 unspecified atom stereocenters. The first-order chi connectivity index (χ1) is 13.1. The number of hydrogen-bond donors (Lipinski definition) is 3. The Morgan fingerprint density at radius 2 is 2.11 bits per heavy atom. The summed E-state index contributed by atoms with van der Waals surface area (Å²) in [6.45, 7) is 2.09. The zero-order chi connectivity index (χ0) is 19.2. The van der Waals surface area contributed by atoms with Gasteiger partial charge in [-0.15, -0.1) is 22.7 Å². The number of ether oxygens (including phenoxy) is 1. The second kappa shape index (κ2) is 8.98. The van der Waals surface area contributed by atoms with E-state index in [1.807, 2.05) is 29.6 Å². The SMILES string of the molecule is CCOC(=O)c1cc2cc(NC(=O)N[C@@H](CCO)c3cccs3)ccc2s1. The van der Waals surface area contributed by atoms with Crippen LogP contribution in [-0.2, 0) is 4.74 Å². The molecular formula is C19H20N2O4S2. The molecule has 0 bridgehead atoms. The lowest BCUT2D eigenvalue weighted by molar-refractivity contribution is 0.0532. The highest BCUT2D eigenvalue weighted by Crippen LogP contribution is 2.29. The van der Waals surface area contributed by atoms with Crippen molar-refractivity contribution in [3.63, 3.8) is 0 Å². The van der Waals surface area contributed by atoms with Crippen molar-refractivity contribution < 1.29 is 19.4 Å². The molecule has 2 heterocycles. The number of fused-ring (bicyclic) bond motifs is 1. The van der Waals surface area contributed by atoms with E-state index in [0.717, 1.165) is 15.0 Å². The van der Waals surface area contributed by atoms with Gasteiger partial charge in [0, 0.05) is 21.9 Å². The summed E-state index contributed by atoms with van der Waals surface area (Å²) in [5.74, 6) is -0.339. The molecule has 0 saturated heterocycles. The van der Waals surface area contributed by atoms with Crippen LogP contribution in [0, 0.1) is 0 Å². The maximum absolute atomic E-state index is 12.4. The molecule has 0 aliphatic rings. The van der Waals surface area contributed by atoms with Gasteiger partial charge in [-0.1, -0.05) is 6.07 Å². The number of amides is 2. The number of esters is 1. The van der Waals surface area contributed by atoms with Crippen molar-refractivity contribution in [1.82, 2.24) is 5.32 Å². The smallest absolute Gasteiger partial charge is 0.348 e. The lowest BCUT2D eigenvalue weighted by Crippen LogP contribution is -2.32. The van der Waals surface area contributed by atoms with Crippen LogP contribution in [0.1, 0.15) is 33.9 Å². The monoisotopic (exact) mass is 404 g/mol. The molecular weight excluding hydrogens is 384 g/mol. The predicted octanol–water partition coefficient (Wildman–Crippen LogP) is 4.38. The standard InChI is InChI=1S/C19H20N2O4S2/c1-2-25-18(23)17-11-12-10-13(5-6-15(12)27-17)20-19(24)21-14(7-8-22)16-4-3-9-26-16/h3-6,9-11,14,22H,2,7-8H2,1H3,(H2,20,21,24)/t14-/m0/s1. The van der Waals surface area contributed by atoms with Crippen molar-refractivity contribution >= 4 is 50.4 Å². The summed E-state index contributed by atoms with van der Waals surface area (Å²) in [4.78, 5) is 25.7. The number of benzene rings is 1. The molecule has 3 rings (SSSR count). The van der Waals surface area contributed by atoms with Gasteiger partial charge >= 0.3 is 12.0 Å². The van der Waals surface area contributed by atoms with Crippen LogP contribution < -0.4 is 10.6 Å². The fraction of sp³-hybridized carbons (Fsp3) is 0.263. The van der Waals surface area contributed by atoms with E-state index < -0.39 is 0 Å². The van der Waals surface area contributed by atoms with Crippen molar-refractivity contribution in [2.24, 2.45) is 0 Å². The highest BCUT2D eigenvalue weighted by molar-refractivity contribution is 7.20. The zero-order valence-electron chi connectivity index (χ0n) is 14.7. The van der Waals surface area contributed by atoms with E-state index >= 15 is 0 Å². The Labute approximate surface area is 164 Å². The van der Waals surface area contributed by atoms with Crippen molar-refractivity contribution in [2.45, 2.75) is 19.4 Å². The van der Waals surface area contributed by atoms with Gasteiger partial charge in [0.2, 0.25) is 0 Å². The normalized spacial score (nSPS) is 11.9. The van der Waals surface area contributed by atoms with Crippen molar-refractivity contribution in [3.05, 3.63) is 51.5 Å². The second-order valence-electron chi connectivity index (χ2n) is 5.76. The van der Waals surface area contributed by atoms with E-state index in [9.17, 15) is 14.7 Å². The lowest BCUT2D eigenvalue weighted by Gasteiger charge is -2.17. The minimum atomic E-state index is -0.345. The maximum Gasteiger partial charge on any atom is 0.348 e. The Morgan fingerprint density at radius 1 is 1.26 bits per heavy atom. The summed E-state index contributed by atoms with van der Waals surface area (Å²) in [6, 6.07) is 10.5. The minimum Gasteiger partial charge on any atom is -0.462 e. The number of anilines is 1. The number of aliphatic hydroxyl groups excluding tert-OH is 1. The van der Waals surface area contributed by atoms with E-state index in [4.69, 9.17) is 4.74 Å². The molecule has 8 heteroatoms. The molecule has 2 aromatic heterocycles. The number of thiophene rings is 2. The number of urea groups is 1. The molecule has 0 radical (unpaired) electrons. The van der Waals surface area contributed by atoms with E-state index in [1.165, 1.54) is 22.7 Å². The van der Waals surface area contributed by atoms with Gasteiger partial charge in [-0.2, -0.15) is 0 Å². The summed E-state index contributed by atoms with van der Waals surface area (Å²) < 4.78 is 5.97. The molecule has 3 N–H and O–H groups in total. The predicted molar refractivity (Wildman–Crippen MR) is 109 cm³/mol. The van der Waals surface area contributed by atoms with Crippen molar-refractivity contribution in [2.75, 3.05) is 18.5 Å². The Morgan fingerprint density at radius 3 is 2.81 bits per heavy atom. The fourth-order valence-corrected chi connectivity index (χ4v) is 4.40. The van der Waals surface area contributed by atoms with E-state index in [-0.39, 0.29) is 24.6 Å². The van der Waals surface area contributed by atoms with Gasteiger partial charge in [0.1, 0.15) is 4.88 Å². The number of nitrogens with one attached hydrogen (secondary N) is 2. The van der Waals surface area contributed by atoms with Crippen LogP contribution in [0.3, 0.4) is 0 Å². The number of carbonyl (C=O) groups excluding carboxylic acids is 2. The van der Waals surface area contributed by atoms with Gasteiger partial charge in [-0.05, 0) is 54.4 Å². The quantitative estimate of drug-likeness (QED) is 0.510. The Hall–Kier alpha value is -2.42. The largest absolute Gasteiger partial charge is 0.462 e. The van der Waals surface area contributed by atoms with Crippen LogP contribution in [0.15, 0.2) is 41.8 Å². The lowest BCUT2D eigenvalue weighted by atomic mass is 10.2.